The van der Waals surface area contributed by atoms with Gasteiger partial charge in [0.05, 0.1) is 0 Å². The van der Waals surface area contributed by atoms with E-state index in [1.54, 1.807) is 0 Å². The lowest BCUT2D eigenvalue weighted by Gasteiger charge is -2.05. The van der Waals surface area contributed by atoms with Gasteiger partial charge < -0.3 is 4.42 Å². The molecule has 1 aromatic carbocycles. The van der Waals surface area contributed by atoms with Crippen LogP contribution in [0.15, 0.2) is 29.0 Å². The molecule has 0 radical (unpaired) electrons. The molecule has 0 aliphatic rings. The van der Waals surface area contributed by atoms with Gasteiger partial charge in [-0.25, -0.2) is 4.98 Å². The van der Waals surface area contributed by atoms with Gasteiger partial charge in [-0.1, -0.05) is 6.07 Å². The second-order valence-corrected chi connectivity index (χ2v) is 2.50. The first-order valence-corrected chi connectivity index (χ1v) is 3.48. The predicted molar refractivity (Wildman–Crippen MR) is 39.0 cm³/mol. The molecule has 0 atom stereocenters. The number of oxazole rings is 1. The van der Waals surface area contributed by atoms with E-state index in [9.17, 15) is 13.2 Å². The van der Waals surface area contributed by atoms with Crippen molar-refractivity contribution in [3.8, 4) is 0 Å². The highest BCUT2D eigenvalue weighted by Crippen LogP contribution is 2.34. The van der Waals surface area contributed by atoms with Crippen LogP contribution in [0, 0.1) is 0 Å². The maximum Gasteiger partial charge on any atom is 0.420 e. The van der Waals surface area contributed by atoms with Gasteiger partial charge in [0.1, 0.15) is 11.1 Å². The van der Waals surface area contributed by atoms with E-state index < -0.39 is 11.7 Å². The maximum absolute atomic E-state index is 12.3. The largest absolute Gasteiger partial charge is 0.443 e. The second kappa shape index (κ2) is 2.48. The smallest absolute Gasteiger partial charge is 0.420 e. The number of para-hydroxylation sites is 1. The Hall–Kier alpha value is -1.52. The van der Waals surface area contributed by atoms with E-state index in [1.807, 2.05) is 0 Å². The van der Waals surface area contributed by atoms with E-state index >= 15 is 0 Å². The minimum atomic E-state index is -4.39. The van der Waals surface area contributed by atoms with Crippen LogP contribution < -0.4 is 0 Å². The fourth-order valence-electron chi connectivity index (χ4n) is 1.11. The van der Waals surface area contributed by atoms with Gasteiger partial charge in [0.15, 0.2) is 12.0 Å². The molecule has 13 heavy (non-hydrogen) atoms. The molecule has 0 spiro atoms. The first-order valence-electron chi connectivity index (χ1n) is 3.48. The van der Waals surface area contributed by atoms with Crippen molar-refractivity contribution >= 4 is 11.1 Å². The molecular formula is C8H4F3NO. The molecule has 1 heterocycles. The van der Waals surface area contributed by atoms with Crippen LogP contribution >= 0.6 is 0 Å². The molecule has 2 rings (SSSR count). The summed E-state index contributed by atoms with van der Waals surface area (Å²) < 4.78 is 41.6. The summed E-state index contributed by atoms with van der Waals surface area (Å²) in [6.07, 6.45) is -3.39. The number of alkyl halides is 3. The van der Waals surface area contributed by atoms with Crippen molar-refractivity contribution in [2.45, 2.75) is 6.18 Å². The summed E-state index contributed by atoms with van der Waals surface area (Å²) in [4.78, 5) is 3.63. The Morgan fingerprint density at radius 3 is 2.69 bits per heavy atom. The van der Waals surface area contributed by atoms with Crippen LogP contribution in [0.1, 0.15) is 5.56 Å². The van der Waals surface area contributed by atoms with Gasteiger partial charge in [0.2, 0.25) is 0 Å². The fourth-order valence-corrected chi connectivity index (χ4v) is 1.11. The third-order valence-electron chi connectivity index (χ3n) is 1.66. The maximum atomic E-state index is 12.3. The van der Waals surface area contributed by atoms with Gasteiger partial charge in [-0.05, 0) is 12.1 Å². The normalized spacial score (nSPS) is 12.2. The van der Waals surface area contributed by atoms with Gasteiger partial charge in [-0.2, -0.15) is 13.2 Å². The molecule has 2 aromatic rings. The highest BCUT2D eigenvalue weighted by Gasteiger charge is 2.34. The second-order valence-electron chi connectivity index (χ2n) is 2.50. The number of hydrogen-bond donors (Lipinski definition) is 0. The lowest BCUT2D eigenvalue weighted by atomic mass is 10.2. The van der Waals surface area contributed by atoms with Crippen molar-refractivity contribution in [1.82, 2.24) is 4.98 Å². The number of nitrogens with zero attached hydrogens (tertiary/aromatic N) is 1. The Morgan fingerprint density at radius 1 is 1.23 bits per heavy atom. The molecule has 5 heteroatoms. The van der Waals surface area contributed by atoms with Crippen molar-refractivity contribution in [3.05, 3.63) is 30.2 Å². The van der Waals surface area contributed by atoms with Crippen LogP contribution in [0.5, 0.6) is 0 Å². The average Bonchev–Trinajstić information content (AvgIpc) is 2.48. The van der Waals surface area contributed by atoms with Crippen molar-refractivity contribution < 1.29 is 17.6 Å². The van der Waals surface area contributed by atoms with E-state index in [-0.39, 0.29) is 11.1 Å². The lowest BCUT2D eigenvalue weighted by molar-refractivity contribution is -0.136. The molecule has 0 saturated heterocycles. The first-order chi connectivity index (χ1) is 6.09. The number of benzene rings is 1. The Labute approximate surface area is 71.0 Å². The van der Waals surface area contributed by atoms with E-state index in [2.05, 4.69) is 9.40 Å². The number of fused-ring (bicyclic) bond motifs is 1. The molecule has 0 aliphatic carbocycles. The number of hydrogen-bond acceptors (Lipinski definition) is 2. The van der Waals surface area contributed by atoms with Crippen molar-refractivity contribution in [3.63, 3.8) is 0 Å². The number of rotatable bonds is 0. The van der Waals surface area contributed by atoms with Crippen LogP contribution in [-0.4, -0.2) is 4.98 Å². The standard InChI is InChI=1S/C8H4F3NO/c9-8(10,11)5-2-1-3-6-7(5)13-4-12-6/h1-4H. The number of aromatic nitrogens is 1. The summed E-state index contributed by atoms with van der Waals surface area (Å²) in [5.74, 6) is 0. The quantitative estimate of drug-likeness (QED) is 0.633. The summed E-state index contributed by atoms with van der Waals surface area (Å²) in [5.41, 5.74) is -0.785. The van der Waals surface area contributed by atoms with E-state index in [1.165, 1.54) is 12.1 Å². The monoisotopic (exact) mass is 187 g/mol. The number of halogens is 3. The molecule has 2 nitrogen and oxygen atoms in total. The van der Waals surface area contributed by atoms with Crippen LogP contribution in [0.2, 0.25) is 0 Å². The van der Waals surface area contributed by atoms with Gasteiger partial charge >= 0.3 is 6.18 Å². The Morgan fingerprint density at radius 2 is 2.00 bits per heavy atom. The predicted octanol–water partition coefficient (Wildman–Crippen LogP) is 2.85. The van der Waals surface area contributed by atoms with Crippen molar-refractivity contribution in [2.24, 2.45) is 0 Å². The van der Waals surface area contributed by atoms with E-state index in [0.717, 1.165) is 12.5 Å². The first kappa shape index (κ1) is 8.10. The van der Waals surface area contributed by atoms with Crippen LogP contribution in [0.3, 0.4) is 0 Å². The molecule has 68 valence electrons. The highest BCUT2D eigenvalue weighted by atomic mass is 19.4. The SMILES string of the molecule is FC(F)(F)c1cccc2ncoc12. The summed E-state index contributed by atoms with van der Waals surface area (Å²) in [5, 5.41) is 0. The summed E-state index contributed by atoms with van der Waals surface area (Å²) in [6, 6.07) is 3.73. The van der Waals surface area contributed by atoms with E-state index in [4.69, 9.17) is 0 Å². The summed E-state index contributed by atoms with van der Waals surface area (Å²) in [7, 11) is 0. The fraction of sp³-hybridized carbons (Fsp3) is 0.125. The average molecular weight is 187 g/mol. The minimum Gasteiger partial charge on any atom is -0.443 e. The van der Waals surface area contributed by atoms with Crippen molar-refractivity contribution in [2.75, 3.05) is 0 Å². The Bertz CT molecular complexity index is 432. The molecule has 0 fully saturated rings. The third kappa shape index (κ3) is 1.26. The lowest BCUT2D eigenvalue weighted by Crippen LogP contribution is -2.04. The zero-order valence-electron chi connectivity index (χ0n) is 6.30. The van der Waals surface area contributed by atoms with Crippen molar-refractivity contribution in [1.29, 1.82) is 0 Å². The zero-order valence-corrected chi connectivity index (χ0v) is 6.30. The molecule has 0 unspecified atom stereocenters. The van der Waals surface area contributed by atoms with Gasteiger partial charge in [0, 0.05) is 0 Å². The van der Waals surface area contributed by atoms with Crippen LogP contribution in [0.4, 0.5) is 13.2 Å². The highest BCUT2D eigenvalue weighted by molar-refractivity contribution is 5.76. The molecule has 1 aromatic heterocycles. The van der Waals surface area contributed by atoms with Gasteiger partial charge in [0.25, 0.3) is 0 Å². The summed E-state index contributed by atoms with van der Waals surface area (Å²) in [6.45, 7) is 0. The molecular weight excluding hydrogens is 183 g/mol. The topological polar surface area (TPSA) is 26.0 Å². The van der Waals surface area contributed by atoms with E-state index in [0.29, 0.717) is 0 Å². The van der Waals surface area contributed by atoms with Gasteiger partial charge in [-0.15, -0.1) is 0 Å². The molecule has 0 aliphatic heterocycles. The third-order valence-corrected chi connectivity index (χ3v) is 1.66. The van der Waals surface area contributed by atoms with Crippen LogP contribution in [-0.2, 0) is 6.18 Å². The zero-order chi connectivity index (χ0) is 9.47. The molecule has 0 amide bonds. The Kier molecular flexibility index (Phi) is 1.55. The summed E-state index contributed by atoms with van der Waals surface area (Å²) >= 11 is 0. The van der Waals surface area contributed by atoms with Crippen LogP contribution in [0.25, 0.3) is 11.1 Å². The Balaban J connectivity index is 2.75. The molecule has 0 saturated carbocycles. The van der Waals surface area contributed by atoms with Gasteiger partial charge in [-0.3, -0.25) is 0 Å². The molecule has 0 N–H and O–H groups in total. The molecule has 0 bridgehead atoms. The minimum absolute atomic E-state index is 0.213.